The summed E-state index contributed by atoms with van der Waals surface area (Å²) >= 11 is 0. The maximum atomic E-state index is 13.1. The van der Waals surface area contributed by atoms with Crippen LogP contribution in [0.1, 0.15) is 73.1 Å². The maximum Gasteiger partial charge on any atom is 0.305 e. The molecule has 0 rings (SSSR count). The van der Waals surface area contributed by atoms with Crippen molar-refractivity contribution >= 4 is 47.1 Å². The van der Waals surface area contributed by atoms with E-state index in [9.17, 15) is 38.4 Å². The van der Waals surface area contributed by atoms with Crippen LogP contribution in [0.2, 0.25) is 0 Å². The summed E-state index contributed by atoms with van der Waals surface area (Å²) in [7, 11) is 0. The third-order valence-electron chi connectivity index (χ3n) is 5.82. The lowest BCUT2D eigenvalue weighted by Gasteiger charge is -2.26. The second-order valence-electron chi connectivity index (χ2n) is 9.90. The second kappa shape index (κ2) is 16.3. The van der Waals surface area contributed by atoms with E-state index in [0.717, 1.165) is 6.92 Å². The normalized spacial score (nSPS) is 14.2. The van der Waals surface area contributed by atoms with Crippen molar-refractivity contribution in [2.45, 2.75) is 85.2 Å². The van der Waals surface area contributed by atoms with Gasteiger partial charge in [0, 0.05) is 43.9 Å². The minimum absolute atomic E-state index is 0.306. The van der Waals surface area contributed by atoms with Crippen LogP contribution in [-0.2, 0) is 38.4 Å². The lowest BCUT2D eigenvalue weighted by molar-refractivity contribution is -0.143. The van der Waals surface area contributed by atoms with Crippen molar-refractivity contribution in [3.8, 4) is 0 Å². The highest BCUT2D eigenvalue weighted by Gasteiger charge is 2.34. The predicted molar refractivity (Wildman–Crippen MR) is 132 cm³/mol. The van der Waals surface area contributed by atoms with Crippen LogP contribution in [0.3, 0.4) is 0 Å². The molecule has 0 radical (unpaired) electrons. The van der Waals surface area contributed by atoms with Gasteiger partial charge in [0.05, 0.1) is 24.9 Å². The van der Waals surface area contributed by atoms with E-state index in [1.54, 1.807) is 27.7 Å². The number of ketones is 3. The molecule has 0 aromatic heterocycles. The molecule has 0 bridgehead atoms. The van der Waals surface area contributed by atoms with E-state index >= 15 is 0 Å². The molecule has 0 spiro atoms. The van der Waals surface area contributed by atoms with Crippen molar-refractivity contribution in [2.24, 2.45) is 23.7 Å². The molecule has 0 saturated heterocycles. The summed E-state index contributed by atoms with van der Waals surface area (Å²) in [6.07, 6.45) is -3.14. The topological polar surface area (TPSA) is 221 Å². The first-order chi connectivity index (χ1) is 17.5. The predicted octanol–water partition coefficient (Wildman–Crippen LogP) is 0.822. The number of carboxylic acid groups (broad SMARTS) is 3. The molecule has 214 valence electrons. The molecule has 2 amide bonds. The number of amides is 2. The Balaban J connectivity index is 5.85. The summed E-state index contributed by atoms with van der Waals surface area (Å²) < 4.78 is 0. The van der Waals surface area contributed by atoms with Gasteiger partial charge in [-0.25, -0.2) is 0 Å². The molecule has 13 nitrogen and oxygen atoms in total. The summed E-state index contributed by atoms with van der Waals surface area (Å²) in [6, 6.07) is -2.60. The van der Waals surface area contributed by atoms with Crippen LogP contribution in [0.25, 0.3) is 0 Å². The number of hydrogen-bond acceptors (Lipinski definition) is 8. The van der Waals surface area contributed by atoms with Gasteiger partial charge >= 0.3 is 17.9 Å². The second-order valence-corrected chi connectivity index (χ2v) is 9.90. The molecule has 0 aromatic rings. The van der Waals surface area contributed by atoms with Gasteiger partial charge in [-0.2, -0.15) is 0 Å². The van der Waals surface area contributed by atoms with Gasteiger partial charge in [-0.15, -0.1) is 0 Å². The number of rotatable bonds is 19. The minimum atomic E-state index is -1.44. The van der Waals surface area contributed by atoms with Gasteiger partial charge in [0.25, 0.3) is 0 Å². The average molecular weight is 543 g/mol. The van der Waals surface area contributed by atoms with Crippen molar-refractivity contribution in [1.29, 1.82) is 0 Å². The highest BCUT2D eigenvalue weighted by atomic mass is 16.4. The molecule has 0 aliphatic heterocycles. The number of nitrogens with one attached hydrogen (secondary N) is 2. The first-order valence-corrected chi connectivity index (χ1v) is 12.3. The number of aliphatic carboxylic acids is 3. The van der Waals surface area contributed by atoms with Gasteiger partial charge in [0.1, 0.15) is 5.78 Å². The van der Waals surface area contributed by atoms with Crippen LogP contribution in [0.5, 0.6) is 0 Å². The summed E-state index contributed by atoms with van der Waals surface area (Å²) in [5.41, 5.74) is 0. The van der Waals surface area contributed by atoms with Crippen molar-refractivity contribution < 1.29 is 53.7 Å². The molecule has 5 N–H and O–H groups in total. The highest BCUT2D eigenvalue weighted by molar-refractivity contribution is 5.97. The van der Waals surface area contributed by atoms with Gasteiger partial charge < -0.3 is 26.0 Å². The van der Waals surface area contributed by atoms with Crippen LogP contribution in [0.4, 0.5) is 0 Å². The lowest BCUT2D eigenvalue weighted by atomic mass is 9.84. The molecular formula is C25H38N2O11. The number of carboxylic acids is 3. The number of Topliss-reactive ketones (excluding diaryl/α,β-unsaturated/α-hetero) is 3. The van der Waals surface area contributed by atoms with Crippen LogP contribution < -0.4 is 10.6 Å². The van der Waals surface area contributed by atoms with E-state index in [4.69, 9.17) is 15.3 Å². The Bertz CT molecular complexity index is 910. The average Bonchev–Trinajstić information content (AvgIpc) is 2.76. The van der Waals surface area contributed by atoms with Crippen molar-refractivity contribution in [3.05, 3.63) is 0 Å². The fraction of sp³-hybridized carbons (Fsp3) is 0.680. The van der Waals surface area contributed by atoms with Gasteiger partial charge in [-0.1, -0.05) is 27.7 Å². The zero-order valence-electron chi connectivity index (χ0n) is 22.3. The third-order valence-corrected chi connectivity index (χ3v) is 5.82. The highest BCUT2D eigenvalue weighted by Crippen LogP contribution is 2.21. The molecule has 0 aliphatic rings. The fourth-order valence-corrected chi connectivity index (χ4v) is 3.89. The monoisotopic (exact) mass is 542 g/mol. The Morgan fingerprint density at radius 1 is 0.658 bits per heavy atom. The molecule has 38 heavy (non-hydrogen) atoms. The largest absolute Gasteiger partial charge is 0.481 e. The summed E-state index contributed by atoms with van der Waals surface area (Å²) in [5.74, 6) is -10.6. The summed E-state index contributed by atoms with van der Waals surface area (Å²) in [4.78, 5) is 96.2. The van der Waals surface area contributed by atoms with Gasteiger partial charge in [0.2, 0.25) is 11.8 Å². The van der Waals surface area contributed by atoms with E-state index in [-0.39, 0.29) is 6.42 Å². The molecule has 4 unspecified atom stereocenters. The standard InChI is InChI=1S/C25H38N2O11/c1-12(2)23(19(30)9-16(10-21(33)34)24(37)13(3)4)27-25(38)15(6-7-20(31)32)8-18(29)17(11-22(35)36)26-14(5)28/h12-13,15-17,23H,6-11H2,1-5H3,(H,26,28)(H,27,38)(H,31,32)(H,33,34)(H,35,36). The Kier molecular flexibility index (Phi) is 14.7. The summed E-state index contributed by atoms with van der Waals surface area (Å²) in [5, 5.41) is 32.0. The zero-order chi connectivity index (χ0) is 29.7. The molecule has 4 atom stereocenters. The van der Waals surface area contributed by atoms with E-state index in [1.807, 2.05) is 0 Å². The minimum Gasteiger partial charge on any atom is -0.481 e. The van der Waals surface area contributed by atoms with Gasteiger partial charge in [0.15, 0.2) is 11.6 Å². The molecule has 0 fully saturated rings. The van der Waals surface area contributed by atoms with E-state index in [1.165, 1.54) is 0 Å². The maximum absolute atomic E-state index is 13.1. The van der Waals surface area contributed by atoms with Crippen molar-refractivity contribution in [3.63, 3.8) is 0 Å². The Labute approximate surface area is 220 Å². The van der Waals surface area contributed by atoms with Crippen molar-refractivity contribution in [1.82, 2.24) is 10.6 Å². The SMILES string of the molecule is CC(=O)NC(CC(=O)O)C(=O)CC(CCC(=O)O)C(=O)NC(C(=O)CC(CC(=O)O)C(=O)C(C)C)C(C)C. The molecule has 0 saturated carbocycles. The van der Waals surface area contributed by atoms with Crippen LogP contribution in [0, 0.1) is 23.7 Å². The Morgan fingerprint density at radius 2 is 1.18 bits per heavy atom. The lowest BCUT2D eigenvalue weighted by Crippen LogP contribution is -2.49. The zero-order valence-corrected chi connectivity index (χ0v) is 22.3. The molecular weight excluding hydrogens is 504 g/mol. The van der Waals surface area contributed by atoms with E-state index in [0.29, 0.717) is 0 Å². The Hall–Kier alpha value is -3.64. The summed E-state index contributed by atoms with van der Waals surface area (Å²) in [6.45, 7) is 7.45. The molecule has 0 aliphatic carbocycles. The van der Waals surface area contributed by atoms with Gasteiger partial charge in [-0.3, -0.25) is 38.4 Å². The van der Waals surface area contributed by atoms with E-state index < -0.39 is 115 Å². The van der Waals surface area contributed by atoms with Crippen molar-refractivity contribution in [2.75, 3.05) is 0 Å². The fourth-order valence-electron chi connectivity index (χ4n) is 3.89. The molecule has 0 heterocycles. The van der Waals surface area contributed by atoms with Crippen LogP contribution in [-0.4, -0.2) is 74.5 Å². The quantitative estimate of drug-likeness (QED) is 0.154. The number of carbonyl (C=O) groups is 8. The molecule has 0 aromatic carbocycles. The molecule has 13 heteroatoms. The number of carbonyl (C=O) groups excluding carboxylic acids is 5. The number of hydrogen-bond donors (Lipinski definition) is 5. The smallest absolute Gasteiger partial charge is 0.305 e. The van der Waals surface area contributed by atoms with Gasteiger partial charge in [-0.05, 0) is 12.3 Å². The van der Waals surface area contributed by atoms with Crippen LogP contribution in [0.15, 0.2) is 0 Å². The Morgan fingerprint density at radius 3 is 1.61 bits per heavy atom. The van der Waals surface area contributed by atoms with Crippen LogP contribution >= 0.6 is 0 Å². The van der Waals surface area contributed by atoms with E-state index in [2.05, 4.69) is 10.6 Å². The third kappa shape index (κ3) is 13.1. The first-order valence-electron chi connectivity index (χ1n) is 12.3. The first kappa shape index (κ1) is 34.4.